The van der Waals surface area contributed by atoms with Gasteiger partial charge in [0.05, 0.1) is 6.61 Å². The van der Waals surface area contributed by atoms with Gasteiger partial charge >= 0.3 is 5.97 Å². The molecule has 0 saturated carbocycles. The van der Waals surface area contributed by atoms with Crippen LogP contribution in [-0.4, -0.2) is 23.6 Å². The molecule has 1 aliphatic rings. The number of amides is 1. The number of fused-ring (bicyclic) bond motifs is 1. The number of benzene rings is 1. The minimum absolute atomic E-state index is 0.0314. The van der Waals surface area contributed by atoms with Crippen molar-refractivity contribution < 1.29 is 19.4 Å². The lowest BCUT2D eigenvalue weighted by atomic mass is 10.1. The molecule has 1 amide bonds. The number of nitrogens with one attached hydrogen (secondary N) is 1. The van der Waals surface area contributed by atoms with E-state index in [1.807, 2.05) is 18.2 Å². The van der Waals surface area contributed by atoms with Crippen LogP contribution in [0.15, 0.2) is 18.2 Å². The van der Waals surface area contributed by atoms with Crippen molar-refractivity contribution >= 4 is 11.9 Å². The summed E-state index contributed by atoms with van der Waals surface area (Å²) >= 11 is 0. The zero-order valence-corrected chi connectivity index (χ0v) is 10.6. The molecule has 5 heteroatoms. The minimum atomic E-state index is -0.869. The first-order chi connectivity index (χ1) is 9.15. The van der Waals surface area contributed by atoms with Gasteiger partial charge in [0.2, 0.25) is 5.91 Å². The minimum Gasteiger partial charge on any atom is -0.493 e. The second kappa shape index (κ2) is 6.22. The van der Waals surface area contributed by atoms with Gasteiger partial charge in [-0.3, -0.25) is 9.59 Å². The quantitative estimate of drug-likeness (QED) is 0.815. The molecule has 0 unspecified atom stereocenters. The van der Waals surface area contributed by atoms with E-state index in [-0.39, 0.29) is 18.7 Å². The van der Waals surface area contributed by atoms with E-state index < -0.39 is 5.97 Å². The fraction of sp³-hybridized carbons (Fsp3) is 0.429. The number of carboxylic acid groups (broad SMARTS) is 1. The van der Waals surface area contributed by atoms with Gasteiger partial charge in [-0.2, -0.15) is 0 Å². The van der Waals surface area contributed by atoms with Crippen molar-refractivity contribution in [1.82, 2.24) is 5.32 Å². The van der Waals surface area contributed by atoms with Gasteiger partial charge in [-0.15, -0.1) is 0 Å². The molecule has 0 saturated heterocycles. The van der Waals surface area contributed by atoms with E-state index in [4.69, 9.17) is 9.84 Å². The van der Waals surface area contributed by atoms with Crippen molar-refractivity contribution in [3.63, 3.8) is 0 Å². The molecule has 2 rings (SSSR count). The second-order valence-corrected chi connectivity index (χ2v) is 4.56. The Morgan fingerprint density at radius 1 is 1.32 bits per heavy atom. The van der Waals surface area contributed by atoms with Crippen LogP contribution in [-0.2, 0) is 22.6 Å². The highest BCUT2D eigenvalue weighted by Crippen LogP contribution is 2.25. The summed E-state index contributed by atoms with van der Waals surface area (Å²) < 4.78 is 5.41. The standard InChI is InChI=1S/C14H17NO4/c16-13(2-1-3-14(17)18)15-9-10-4-5-12-11(8-10)6-7-19-12/h4-5,8H,1-3,6-7,9H2,(H,15,16)(H,17,18). The van der Waals surface area contributed by atoms with Gasteiger partial charge < -0.3 is 15.2 Å². The fourth-order valence-electron chi connectivity index (χ4n) is 2.04. The third-order valence-corrected chi connectivity index (χ3v) is 3.04. The molecule has 1 aromatic carbocycles. The third-order valence-electron chi connectivity index (χ3n) is 3.04. The highest BCUT2D eigenvalue weighted by molar-refractivity contribution is 5.76. The lowest BCUT2D eigenvalue weighted by molar-refractivity contribution is -0.137. The molecule has 0 bridgehead atoms. The largest absolute Gasteiger partial charge is 0.493 e. The number of carbonyl (C=O) groups excluding carboxylic acids is 1. The summed E-state index contributed by atoms with van der Waals surface area (Å²) in [6.07, 6.45) is 1.57. The molecule has 102 valence electrons. The van der Waals surface area contributed by atoms with Crippen LogP contribution in [0.4, 0.5) is 0 Å². The Morgan fingerprint density at radius 3 is 2.95 bits per heavy atom. The Morgan fingerprint density at radius 2 is 2.16 bits per heavy atom. The molecule has 1 aromatic rings. The first-order valence-electron chi connectivity index (χ1n) is 6.38. The summed E-state index contributed by atoms with van der Waals surface area (Å²) in [5.74, 6) is -0.0547. The maximum atomic E-state index is 11.5. The molecule has 2 N–H and O–H groups in total. The number of hydrogen-bond acceptors (Lipinski definition) is 3. The number of aliphatic carboxylic acids is 1. The summed E-state index contributed by atoms with van der Waals surface area (Å²) in [6, 6.07) is 5.90. The van der Waals surface area contributed by atoms with Gasteiger partial charge in [0.15, 0.2) is 0 Å². The monoisotopic (exact) mass is 263 g/mol. The molecular weight excluding hydrogens is 246 g/mol. The van der Waals surface area contributed by atoms with Crippen LogP contribution in [0, 0.1) is 0 Å². The van der Waals surface area contributed by atoms with Crippen molar-refractivity contribution in [2.24, 2.45) is 0 Å². The van der Waals surface area contributed by atoms with Crippen molar-refractivity contribution in [1.29, 1.82) is 0 Å². The van der Waals surface area contributed by atoms with Crippen LogP contribution in [0.1, 0.15) is 30.4 Å². The maximum absolute atomic E-state index is 11.5. The first kappa shape index (κ1) is 13.4. The van der Waals surface area contributed by atoms with E-state index in [1.165, 1.54) is 5.56 Å². The van der Waals surface area contributed by atoms with E-state index in [2.05, 4.69) is 5.32 Å². The van der Waals surface area contributed by atoms with E-state index in [1.54, 1.807) is 0 Å². The fourth-order valence-corrected chi connectivity index (χ4v) is 2.04. The van der Waals surface area contributed by atoms with Gasteiger partial charge in [0.1, 0.15) is 5.75 Å². The molecule has 0 fully saturated rings. The van der Waals surface area contributed by atoms with Crippen LogP contribution in [0.2, 0.25) is 0 Å². The smallest absolute Gasteiger partial charge is 0.303 e. The van der Waals surface area contributed by atoms with E-state index in [0.29, 0.717) is 13.0 Å². The molecule has 0 radical (unpaired) electrons. The molecule has 0 aromatic heterocycles. The molecule has 1 aliphatic heterocycles. The predicted octanol–water partition coefficient (Wildman–Crippen LogP) is 1.49. The van der Waals surface area contributed by atoms with Crippen LogP contribution in [0.3, 0.4) is 0 Å². The zero-order valence-electron chi connectivity index (χ0n) is 10.6. The molecule has 19 heavy (non-hydrogen) atoms. The normalized spacial score (nSPS) is 12.6. The topological polar surface area (TPSA) is 75.6 Å². The Bertz CT molecular complexity index is 484. The lowest BCUT2D eigenvalue weighted by Gasteiger charge is -2.06. The number of carbonyl (C=O) groups is 2. The average Bonchev–Trinajstić information content (AvgIpc) is 2.83. The zero-order chi connectivity index (χ0) is 13.7. The molecule has 0 aliphatic carbocycles. The van der Waals surface area contributed by atoms with Crippen molar-refractivity contribution in [3.8, 4) is 5.75 Å². The van der Waals surface area contributed by atoms with Gasteiger partial charge in [-0.25, -0.2) is 0 Å². The van der Waals surface area contributed by atoms with Crippen LogP contribution in [0.25, 0.3) is 0 Å². The average molecular weight is 263 g/mol. The summed E-state index contributed by atoms with van der Waals surface area (Å²) in [5, 5.41) is 11.3. The van der Waals surface area contributed by atoms with E-state index in [0.717, 1.165) is 24.3 Å². The predicted molar refractivity (Wildman–Crippen MR) is 69.0 cm³/mol. The molecular formula is C14H17NO4. The number of rotatable bonds is 6. The summed E-state index contributed by atoms with van der Waals surface area (Å²) in [7, 11) is 0. The van der Waals surface area contributed by atoms with Gasteiger partial charge in [-0.1, -0.05) is 12.1 Å². The summed E-state index contributed by atoms with van der Waals surface area (Å²) in [5.41, 5.74) is 2.22. The Balaban J connectivity index is 1.76. The van der Waals surface area contributed by atoms with Crippen LogP contribution >= 0.6 is 0 Å². The molecule has 1 heterocycles. The third kappa shape index (κ3) is 3.98. The van der Waals surface area contributed by atoms with Gasteiger partial charge in [0.25, 0.3) is 0 Å². The molecule has 0 atom stereocenters. The molecule has 0 spiro atoms. The van der Waals surface area contributed by atoms with E-state index >= 15 is 0 Å². The van der Waals surface area contributed by atoms with Gasteiger partial charge in [-0.05, 0) is 23.6 Å². The van der Waals surface area contributed by atoms with Crippen LogP contribution < -0.4 is 10.1 Å². The van der Waals surface area contributed by atoms with E-state index in [9.17, 15) is 9.59 Å². The SMILES string of the molecule is O=C(O)CCCC(=O)NCc1ccc2c(c1)CCO2. The number of ether oxygens (including phenoxy) is 1. The Kier molecular flexibility index (Phi) is 4.39. The number of hydrogen-bond donors (Lipinski definition) is 2. The first-order valence-corrected chi connectivity index (χ1v) is 6.38. The lowest BCUT2D eigenvalue weighted by Crippen LogP contribution is -2.22. The summed E-state index contributed by atoms with van der Waals surface area (Å²) in [4.78, 5) is 21.8. The highest BCUT2D eigenvalue weighted by atomic mass is 16.5. The van der Waals surface area contributed by atoms with Gasteiger partial charge in [0, 0.05) is 25.8 Å². The van der Waals surface area contributed by atoms with Crippen molar-refractivity contribution in [2.45, 2.75) is 32.2 Å². The Labute approximate surface area is 111 Å². The molecule has 5 nitrogen and oxygen atoms in total. The number of carboxylic acids is 1. The van der Waals surface area contributed by atoms with Crippen LogP contribution in [0.5, 0.6) is 5.75 Å². The Hall–Kier alpha value is -2.04. The maximum Gasteiger partial charge on any atom is 0.303 e. The van der Waals surface area contributed by atoms with Crippen molar-refractivity contribution in [2.75, 3.05) is 6.61 Å². The second-order valence-electron chi connectivity index (χ2n) is 4.56. The highest BCUT2D eigenvalue weighted by Gasteiger charge is 2.12. The summed E-state index contributed by atoms with van der Waals surface area (Å²) in [6.45, 7) is 1.19. The van der Waals surface area contributed by atoms with Crippen molar-refractivity contribution in [3.05, 3.63) is 29.3 Å².